The van der Waals surface area contributed by atoms with Crippen molar-refractivity contribution in [1.29, 1.82) is 0 Å². The molecule has 1 saturated heterocycles. The number of methoxy groups -OCH3 is 1. The summed E-state index contributed by atoms with van der Waals surface area (Å²) in [4.78, 5) is 27.3. The summed E-state index contributed by atoms with van der Waals surface area (Å²) in [5, 5.41) is 0.469. The zero-order valence-electron chi connectivity index (χ0n) is 19.2. The number of benzene rings is 2. The largest absolute Gasteiger partial charge is 0.497 e. The number of carbonyl (C=O) groups is 1. The van der Waals surface area contributed by atoms with Crippen LogP contribution in [-0.4, -0.2) is 60.7 Å². The molecular formula is C26H27ClN4O3. The van der Waals surface area contributed by atoms with Crippen molar-refractivity contribution < 1.29 is 14.3 Å². The first kappa shape index (κ1) is 22.6. The topological polar surface area (TPSA) is 67.8 Å². The molecule has 34 heavy (non-hydrogen) atoms. The molecule has 0 saturated carbocycles. The Bertz CT molecular complexity index is 1200. The van der Waals surface area contributed by atoms with Crippen LogP contribution < -0.4 is 9.64 Å². The lowest BCUT2D eigenvalue weighted by Gasteiger charge is -2.34. The van der Waals surface area contributed by atoms with Crippen LogP contribution >= 0.6 is 11.6 Å². The molecule has 0 bridgehead atoms. The zero-order valence-corrected chi connectivity index (χ0v) is 19.9. The molecule has 3 aromatic rings. The molecule has 0 aliphatic carbocycles. The van der Waals surface area contributed by atoms with Crippen molar-refractivity contribution in [2.75, 3.05) is 44.9 Å². The van der Waals surface area contributed by atoms with Crippen LogP contribution in [0.5, 0.6) is 5.75 Å². The van der Waals surface area contributed by atoms with Gasteiger partial charge in [0.05, 0.1) is 43.1 Å². The number of fused-ring (bicyclic) bond motifs is 1. The van der Waals surface area contributed by atoms with Gasteiger partial charge in [-0.1, -0.05) is 35.9 Å². The number of rotatable bonds is 5. The van der Waals surface area contributed by atoms with Gasteiger partial charge in [-0.25, -0.2) is 9.97 Å². The van der Waals surface area contributed by atoms with Gasteiger partial charge in [0, 0.05) is 38.0 Å². The number of ether oxygens (including phenoxy) is 2. The molecule has 8 heteroatoms. The van der Waals surface area contributed by atoms with Crippen molar-refractivity contribution >= 4 is 23.3 Å². The van der Waals surface area contributed by atoms with E-state index in [-0.39, 0.29) is 5.91 Å². The minimum atomic E-state index is -0.0652. The van der Waals surface area contributed by atoms with Gasteiger partial charge in [-0.2, -0.15) is 0 Å². The van der Waals surface area contributed by atoms with Gasteiger partial charge in [0.2, 0.25) is 0 Å². The van der Waals surface area contributed by atoms with Gasteiger partial charge in [-0.05, 0) is 29.8 Å². The predicted molar refractivity (Wildman–Crippen MR) is 131 cm³/mol. The Morgan fingerprint density at radius 2 is 1.91 bits per heavy atom. The van der Waals surface area contributed by atoms with E-state index in [1.54, 1.807) is 19.2 Å². The molecule has 0 unspecified atom stereocenters. The van der Waals surface area contributed by atoms with Crippen LogP contribution in [0.2, 0.25) is 5.02 Å². The summed E-state index contributed by atoms with van der Waals surface area (Å²) < 4.78 is 10.9. The van der Waals surface area contributed by atoms with Gasteiger partial charge in [0.15, 0.2) is 0 Å². The van der Waals surface area contributed by atoms with Gasteiger partial charge in [0.1, 0.15) is 17.4 Å². The Labute approximate surface area is 204 Å². The number of nitrogens with zero attached hydrogens (tertiary/aromatic N) is 4. The minimum absolute atomic E-state index is 0.0652. The highest BCUT2D eigenvalue weighted by Gasteiger charge is 2.29. The third-order valence-electron chi connectivity index (χ3n) is 6.28. The lowest BCUT2D eigenvalue weighted by Crippen LogP contribution is -2.41. The van der Waals surface area contributed by atoms with E-state index in [1.165, 1.54) is 0 Å². The number of hydrogen-bond acceptors (Lipinski definition) is 6. The van der Waals surface area contributed by atoms with Crippen LogP contribution in [0.4, 0.5) is 5.82 Å². The van der Waals surface area contributed by atoms with Crippen LogP contribution in [0, 0.1) is 0 Å². The zero-order chi connectivity index (χ0) is 23.5. The van der Waals surface area contributed by atoms with Crippen LogP contribution in [-0.2, 0) is 24.1 Å². The van der Waals surface area contributed by atoms with Crippen molar-refractivity contribution in [3.63, 3.8) is 0 Å². The molecule has 0 radical (unpaired) electrons. The fourth-order valence-electron chi connectivity index (χ4n) is 4.51. The molecule has 1 fully saturated rings. The summed E-state index contributed by atoms with van der Waals surface area (Å²) in [6, 6.07) is 15.2. The summed E-state index contributed by atoms with van der Waals surface area (Å²) in [6.45, 7) is 3.90. The maximum Gasteiger partial charge on any atom is 0.255 e. The van der Waals surface area contributed by atoms with Gasteiger partial charge < -0.3 is 19.3 Å². The molecule has 5 rings (SSSR count). The highest BCUT2D eigenvalue weighted by atomic mass is 35.5. The first-order valence-corrected chi connectivity index (χ1v) is 11.9. The van der Waals surface area contributed by atoms with Crippen LogP contribution in [0.25, 0.3) is 0 Å². The number of morpholine rings is 1. The Hall–Kier alpha value is -3.16. The van der Waals surface area contributed by atoms with Crippen molar-refractivity contribution in [3.05, 3.63) is 81.8 Å². The lowest BCUT2D eigenvalue weighted by atomic mass is 10.0. The van der Waals surface area contributed by atoms with E-state index < -0.39 is 0 Å². The Morgan fingerprint density at radius 1 is 1.09 bits per heavy atom. The summed E-state index contributed by atoms with van der Waals surface area (Å²) in [5.41, 5.74) is 3.65. The van der Waals surface area contributed by atoms with E-state index in [0.717, 1.165) is 47.3 Å². The number of anilines is 1. The molecule has 0 spiro atoms. The molecule has 1 amide bonds. The maximum absolute atomic E-state index is 13.2. The molecule has 0 atom stereocenters. The van der Waals surface area contributed by atoms with Gasteiger partial charge >= 0.3 is 0 Å². The number of hydrogen-bond donors (Lipinski definition) is 0. The summed E-state index contributed by atoms with van der Waals surface area (Å²) in [5.74, 6) is 2.43. The summed E-state index contributed by atoms with van der Waals surface area (Å²) in [7, 11) is 1.67. The Kier molecular flexibility index (Phi) is 6.65. The Balaban J connectivity index is 1.47. The van der Waals surface area contributed by atoms with E-state index in [2.05, 4.69) is 11.0 Å². The normalized spacial score (nSPS) is 15.7. The molecule has 2 aliphatic heterocycles. The third-order valence-corrected chi connectivity index (χ3v) is 6.61. The number of aromatic nitrogens is 2. The first-order chi connectivity index (χ1) is 16.6. The monoisotopic (exact) mass is 478 g/mol. The number of carbonyl (C=O) groups excluding carboxylic acids is 1. The summed E-state index contributed by atoms with van der Waals surface area (Å²) >= 11 is 6.31. The van der Waals surface area contributed by atoms with Crippen molar-refractivity contribution in [2.24, 2.45) is 0 Å². The van der Waals surface area contributed by atoms with E-state index in [0.29, 0.717) is 49.7 Å². The van der Waals surface area contributed by atoms with E-state index in [9.17, 15) is 4.79 Å². The number of amides is 1. The lowest BCUT2D eigenvalue weighted by molar-refractivity contribution is 0.0733. The molecule has 0 N–H and O–H groups in total. The molecule has 2 aliphatic rings. The van der Waals surface area contributed by atoms with Gasteiger partial charge in [0.25, 0.3) is 5.91 Å². The summed E-state index contributed by atoms with van der Waals surface area (Å²) in [6.07, 6.45) is 1.29. The third kappa shape index (κ3) is 4.72. The molecular weight excluding hydrogens is 452 g/mol. The second kappa shape index (κ2) is 9.99. The van der Waals surface area contributed by atoms with E-state index >= 15 is 0 Å². The molecule has 176 valence electrons. The average Bonchev–Trinajstić information content (AvgIpc) is 2.88. The maximum atomic E-state index is 13.2. The van der Waals surface area contributed by atoms with E-state index in [1.807, 2.05) is 35.2 Å². The molecule has 3 heterocycles. The highest BCUT2D eigenvalue weighted by molar-refractivity contribution is 6.33. The number of halogens is 1. The quantitative estimate of drug-likeness (QED) is 0.556. The van der Waals surface area contributed by atoms with Crippen molar-refractivity contribution in [3.8, 4) is 5.75 Å². The fourth-order valence-corrected chi connectivity index (χ4v) is 4.72. The van der Waals surface area contributed by atoms with Crippen LogP contribution in [0.3, 0.4) is 0 Å². The second-order valence-electron chi connectivity index (χ2n) is 8.47. The average molecular weight is 479 g/mol. The predicted octanol–water partition coefficient (Wildman–Crippen LogP) is 3.76. The molecule has 2 aromatic carbocycles. The van der Waals surface area contributed by atoms with Gasteiger partial charge in [-0.3, -0.25) is 4.79 Å². The molecule has 7 nitrogen and oxygen atoms in total. The fraction of sp³-hybridized carbons (Fsp3) is 0.346. The minimum Gasteiger partial charge on any atom is -0.497 e. The molecule has 1 aromatic heterocycles. The first-order valence-electron chi connectivity index (χ1n) is 11.5. The second-order valence-corrected chi connectivity index (χ2v) is 8.88. The highest BCUT2D eigenvalue weighted by Crippen LogP contribution is 2.30. The Morgan fingerprint density at radius 3 is 2.71 bits per heavy atom. The van der Waals surface area contributed by atoms with Crippen molar-refractivity contribution in [1.82, 2.24) is 14.9 Å². The van der Waals surface area contributed by atoms with Gasteiger partial charge in [-0.15, -0.1) is 0 Å². The van der Waals surface area contributed by atoms with Crippen molar-refractivity contribution in [2.45, 2.75) is 19.4 Å². The van der Waals surface area contributed by atoms with E-state index in [4.69, 9.17) is 31.0 Å². The SMILES string of the molecule is COc1cccc(Cc2nc3c(c(N4CCOCC4)n2)CN(C(=O)c2ccccc2Cl)CC3)c1. The smallest absolute Gasteiger partial charge is 0.255 e. The standard InChI is InChI=1S/C26H27ClN4O3/c1-33-19-6-4-5-18(15-19)16-24-28-23-9-10-31(26(32)20-7-2-3-8-22(20)27)17-21(23)25(29-24)30-11-13-34-14-12-30/h2-8,15H,9-14,16-17H2,1H3. The van der Waals surface area contributed by atoms with Crippen LogP contribution in [0.1, 0.15) is 33.0 Å². The van der Waals surface area contributed by atoms with Crippen LogP contribution in [0.15, 0.2) is 48.5 Å².